The van der Waals surface area contributed by atoms with Crippen molar-refractivity contribution < 1.29 is 19.0 Å². The molecule has 2 rings (SSSR count). The molecular weight excluding hydrogens is 280 g/mol. The van der Waals surface area contributed by atoms with Crippen molar-refractivity contribution in [3.05, 3.63) is 11.1 Å². The van der Waals surface area contributed by atoms with E-state index in [0.29, 0.717) is 6.61 Å². The number of hydrogen-bond donors (Lipinski definition) is 0. The molecule has 1 aromatic rings. The summed E-state index contributed by atoms with van der Waals surface area (Å²) in [6, 6.07) is 0. The standard InChI is InChI=1S/C13H20N2O4S/c1-4-19-12(16)5-9-8-20-13(14-9)15-6-10(17-2)11(7-15)18-3/h8,10-11H,4-7H2,1-3H3. The molecule has 112 valence electrons. The van der Waals surface area contributed by atoms with Crippen molar-refractivity contribution in [2.45, 2.75) is 25.6 Å². The summed E-state index contributed by atoms with van der Waals surface area (Å²) in [6.07, 6.45) is 0.328. The Bertz CT molecular complexity index is 439. The number of hydrogen-bond acceptors (Lipinski definition) is 7. The highest BCUT2D eigenvalue weighted by atomic mass is 32.1. The van der Waals surface area contributed by atoms with Crippen LogP contribution in [0.1, 0.15) is 12.6 Å². The molecule has 0 aromatic carbocycles. The Balaban J connectivity index is 1.97. The second-order valence-electron chi connectivity index (χ2n) is 4.56. The lowest BCUT2D eigenvalue weighted by Crippen LogP contribution is -2.27. The average molecular weight is 300 g/mol. The van der Waals surface area contributed by atoms with E-state index in [9.17, 15) is 4.79 Å². The molecule has 0 amide bonds. The minimum Gasteiger partial charge on any atom is -0.466 e. The summed E-state index contributed by atoms with van der Waals surface area (Å²) < 4.78 is 15.7. The van der Waals surface area contributed by atoms with Crippen LogP contribution in [-0.4, -0.2) is 57.1 Å². The zero-order valence-corrected chi connectivity index (χ0v) is 12.8. The number of carbonyl (C=O) groups excluding carboxylic acids is 1. The third-order valence-corrected chi connectivity index (χ3v) is 4.21. The van der Waals surface area contributed by atoms with E-state index < -0.39 is 0 Å². The number of aromatic nitrogens is 1. The zero-order chi connectivity index (χ0) is 14.5. The van der Waals surface area contributed by atoms with Gasteiger partial charge in [-0.25, -0.2) is 4.98 Å². The first-order valence-electron chi connectivity index (χ1n) is 6.58. The van der Waals surface area contributed by atoms with E-state index in [4.69, 9.17) is 14.2 Å². The number of thiazole rings is 1. The van der Waals surface area contributed by atoms with Gasteiger partial charge in [-0.3, -0.25) is 4.79 Å². The molecule has 1 aromatic heterocycles. The Labute approximate surface area is 122 Å². The van der Waals surface area contributed by atoms with Gasteiger partial charge >= 0.3 is 5.97 Å². The maximum atomic E-state index is 11.4. The van der Waals surface area contributed by atoms with Gasteiger partial charge in [-0.1, -0.05) is 0 Å². The number of carbonyl (C=O) groups is 1. The van der Waals surface area contributed by atoms with Crippen molar-refractivity contribution in [3.63, 3.8) is 0 Å². The average Bonchev–Trinajstić information content (AvgIpc) is 3.04. The predicted octanol–water partition coefficient (Wildman–Crippen LogP) is 1.10. The van der Waals surface area contributed by atoms with Gasteiger partial charge in [0.2, 0.25) is 0 Å². The van der Waals surface area contributed by atoms with Crippen molar-refractivity contribution in [1.82, 2.24) is 4.98 Å². The lowest BCUT2D eigenvalue weighted by Gasteiger charge is -2.13. The van der Waals surface area contributed by atoms with E-state index in [1.807, 2.05) is 5.38 Å². The highest BCUT2D eigenvalue weighted by Crippen LogP contribution is 2.26. The Morgan fingerprint density at radius 2 is 2.05 bits per heavy atom. The van der Waals surface area contributed by atoms with Crippen LogP contribution in [0, 0.1) is 0 Å². The largest absolute Gasteiger partial charge is 0.466 e. The van der Waals surface area contributed by atoms with Crippen LogP contribution in [0.25, 0.3) is 0 Å². The van der Waals surface area contributed by atoms with Gasteiger partial charge in [0.05, 0.1) is 18.7 Å². The summed E-state index contributed by atoms with van der Waals surface area (Å²) in [6.45, 7) is 3.69. The summed E-state index contributed by atoms with van der Waals surface area (Å²) in [5.74, 6) is -0.240. The first-order chi connectivity index (χ1) is 9.67. The molecule has 2 atom stereocenters. The normalized spacial score (nSPS) is 22.2. The predicted molar refractivity (Wildman–Crippen MR) is 76.3 cm³/mol. The fraction of sp³-hybridized carbons (Fsp3) is 0.692. The van der Waals surface area contributed by atoms with E-state index in [0.717, 1.165) is 23.9 Å². The van der Waals surface area contributed by atoms with Gasteiger partial charge in [-0.05, 0) is 6.92 Å². The molecule has 0 aliphatic carbocycles. The van der Waals surface area contributed by atoms with Crippen LogP contribution in [0.5, 0.6) is 0 Å². The van der Waals surface area contributed by atoms with Crippen LogP contribution in [0.4, 0.5) is 5.13 Å². The lowest BCUT2D eigenvalue weighted by atomic mass is 10.3. The monoisotopic (exact) mass is 300 g/mol. The molecule has 1 aliphatic rings. The SMILES string of the molecule is CCOC(=O)Cc1csc(N2CC(OC)C(OC)C2)n1. The van der Waals surface area contributed by atoms with Crippen LogP contribution in [0.15, 0.2) is 5.38 Å². The Morgan fingerprint density at radius 3 is 2.60 bits per heavy atom. The van der Waals surface area contributed by atoms with E-state index in [-0.39, 0.29) is 24.6 Å². The summed E-state index contributed by atoms with van der Waals surface area (Å²) >= 11 is 1.53. The molecule has 7 heteroatoms. The number of rotatable bonds is 6. The topological polar surface area (TPSA) is 60.9 Å². The van der Waals surface area contributed by atoms with Gasteiger partial charge in [-0.15, -0.1) is 11.3 Å². The molecule has 6 nitrogen and oxygen atoms in total. The van der Waals surface area contributed by atoms with Gasteiger partial charge in [0, 0.05) is 32.7 Å². The van der Waals surface area contributed by atoms with E-state index >= 15 is 0 Å². The highest BCUT2D eigenvalue weighted by molar-refractivity contribution is 7.13. The van der Waals surface area contributed by atoms with Crippen LogP contribution >= 0.6 is 11.3 Å². The molecule has 0 bridgehead atoms. The molecule has 0 N–H and O–H groups in total. The van der Waals surface area contributed by atoms with Gasteiger partial charge in [0.1, 0.15) is 12.2 Å². The fourth-order valence-corrected chi connectivity index (χ4v) is 3.08. The number of methoxy groups -OCH3 is 2. The van der Waals surface area contributed by atoms with Crippen LogP contribution in [0.2, 0.25) is 0 Å². The number of ether oxygens (including phenoxy) is 3. The quantitative estimate of drug-likeness (QED) is 0.733. The van der Waals surface area contributed by atoms with E-state index in [2.05, 4.69) is 9.88 Å². The van der Waals surface area contributed by atoms with Crippen molar-refractivity contribution in [1.29, 1.82) is 0 Å². The molecule has 20 heavy (non-hydrogen) atoms. The van der Waals surface area contributed by atoms with Crippen LogP contribution in [0.3, 0.4) is 0 Å². The summed E-state index contributed by atoms with van der Waals surface area (Å²) in [4.78, 5) is 18.0. The summed E-state index contributed by atoms with van der Waals surface area (Å²) in [5, 5.41) is 2.79. The molecule has 2 unspecified atom stereocenters. The maximum absolute atomic E-state index is 11.4. The molecule has 1 saturated heterocycles. The van der Waals surface area contributed by atoms with Gasteiger partial charge in [0.15, 0.2) is 5.13 Å². The molecule has 0 spiro atoms. The number of anilines is 1. The summed E-state index contributed by atoms with van der Waals surface area (Å²) in [5.41, 5.74) is 0.748. The van der Waals surface area contributed by atoms with Crippen molar-refractivity contribution >= 4 is 22.4 Å². The van der Waals surface area contributed by atoms with Crippen LogP contribution in [-0.2, 0) is 25.4 Å². The second kappa shape index (κ2) is 7.01. The Morgan fingerprint density at radius 1 is 1.40 bits per heavy atom. The van der Waals surface area contributed by atoms with Gasteiger partial charge < -0.3 is 19.1 Å². The smallest absolute Gasteiger partial charge is 0.311 e. The summed E-state index contributed by atoms with van der Waals surface area (Å²) in [7, 11) is 3.38. The molecule has 0 radical (unpaired) electrons. The molecular formula is C13H20N2O4S. The first kappa shape index (κ1) is 15.2. The highest BCUT2D eigenvalue weighted by Gasteiger charge is 2.34. The third-order valence-electron chi connectivity index (χ3n) is 3.26. The van der Waals surface area contributed by atoms with Gasteiger partial charge in [0.25, 0.3) is 0 Å². The Hall–Kier alpha value is -1.18. The number of nitrogens with zero attached hydrogens (tertiary/aromatic N) is 2. The number of esters is 1. The van der Waals surface area contributed by atoms with E-state index in [1.54, 1.807) is 21.1 Å². The maximum Gasteiger partial charge on any atom is 0.311 e. The minimum atomic E-state index is -0.240. The Kier molecular flexibility index (Phi) is 5.33. The fourth-order valence-electron chi connectivity index (χ4n) is 2.24. The van der Waals surface area contributed by atoms with E-state index in [1.165, 1.54) is 11.3 Å². The molecule has 1 aliphatic heterocycles. The molecule has 0 saturated carbocycles. The molecule has 2 heterocycles. The molecule has 1 fully saturated rings. The van der Waals surface area contributed by atoms with Crippen molar-refractivity contribution in [3.8, 4) is 0 Å². The third kappa shape index (κ3) is 3.47. The lowest BCUT2D eigenvalue weighted by molar-refractivity contribution is -0.142. The van der Waals surface area contributed by atoms with Crippen molar-refractivity contribution in [2.75, 3.05) is 38.8 Å². The first-order valence-corrected chi connectivity index (χ1v) is 7.46. The van der Waals surface area contributed by atoms with Crippen LogP contribution < -0.4 is 4.90 Å². The van der Waals surface area contributed by atoms with Gasteiger partial charge in [-0.2, -0.15) is 0 Å². The second-order valence-corrected chi connectivity index (χ2v) is 5.39. The zero-order valence-electron chi connectivity index (χ0n) is 12.0. The van der Waals surface area contributed by atoms with Crippen molar-refractivity contribution in [2.24, 2.45) is 0 Å². The minimum absolute atomic E-state index is 0.0532.